The Hall–Kier alpha value is -2.60. The van der Waals surface area contributed by atoms with Crippen LogP contribution in [0.5, 0.6) is 28.7 Å². The van der Waals surface area contributed by atoms with Crippen molar-refractivity contribution in [1.82, 2.24) is 0 Å². The fourth-order valence-electron chi connectivity index (χ4n) is 3.63. The van der Waals surface area contributed by atoms with Crippen LogP contribution in [0.25, 0.3) is 0 Å². The van der Waals surface area contributed by atoms with E-state index in [1.54, 1.807) is 26.0 Å². The predicted molar refractivity (Wildman–Crippen MR) is 94.1 cm³/mol. The van der Waals surface area contributed by atoms with Crippen LogP contribution in [0.4, 0.5) is 0 Å². The van der Waals surface area contributed by atoms with E-state index in [2.05, 4.69) is 0 Å². The van der Waals surface area contributed by atoms with Gasteiger partial charge in [-0.1, -0.05) is 0 Å². The molecule has 0 amide bonds. The Labute approximate surface area is 151 Å². The number of aromatic hydroxyl groups is 3. The van der Waals surface area contributed by atoms with E-state index in [-0.39, 0.29) is 35.0 Å². The number of benzene rings is 2. The Morgan fingerprint density at radius 2 is 1.85 bits per heavy atom. The molecule has 2 atom stereocenters. The molecule has 0 spiro atoms. The summed E-state index contributed by atoms with van der Waals surface area (Å²) in [4.78, 5) is 0. The van der Waals surface area contributed by atoms with Crippen LogP contribution in [0, 0.1) is 0 Å². The zero-order valence-corrected chi connectivity index (χ0v) is 14.7. The molecule has 0 unspecified atom stereocenters. The molecule has 2 aromatic carbocycles. The smallest absolute Gasteiger partial charge is 0.200 e. The van der Waals surface area contributed by atoms with Crippen LogP contribution >= 0.6 is 0 Å². The second-order valence-corrected chi connectivity index (χ2v) is 7.64. The van der Waals surface area contributed by atoms with Gasteiger partial charge >= 0.3 is 0 Å². The monoisotopic (exact) mass is 358 g/mol. The molecule has 4 rings (SSSR count). The third-order valence-corrected chi connectivity index (χ3v) is 5.09. The molecule has 0 fully saturated rings. The summed E-state index contributed by atoms with van der Waals surface area (Å²) in [5.41, 5.74) is 1.56. The number of phenolic OH excluding ortho intramolecular Hbond substituents is 3. The summed E-state index contributed by atoms with van der Waals surface area (Å²) in [5.74, 6) is 0.391. The zero-order valence-electron chi connectivity index (χ0n) is 14.7. The molecule has 138 valence electrons. The lowest BCUT2D eigenvalue weighted by Gasteiger charge is -2.28. The third kappa shape index (κ3) is 2.70. The second-order valence-electron chi connectivity index (χ2n) is 7.64. The number of phenols is 3. The van der Waals surface area contributed by atoms with Crippen LogP contribution in [-0.4, -0.2) is 32.6 Å². The molecule has 2 aliphatic rings. The molecule has 0 saturated heterocycles. The van der Waals surface area contributed by atoms with Crippen molar-refractivity contribution in [2.75, 3.05) is 6.61 Å². The number of rotatable bonds is 3. The van der Waals surface area contributed by atoms with Crippen LogP contribution in [0.15, 0.2) is 24.3 Å². The van der Waals surface area contributed by atoms with E-state index in [4.69, 9.17) is 9.47 Å². The van der Waals surface area contributed by atoms with Crippen LogP contribution in [-0.2, 0) is 6.42 Å². The van der Waals surface area contributed by atoms with Crippen molar-refractivity contribution in [3.05, 3.63) is 41.0 Å². The van der Waals surface area contributed by atoms with Gasteiger partial charge in [0.25, 0.3) is 0 Å². The number of ether oxygens (including phenoxy) is 2. The molecule has 2 heterocycles. The van der Waals surface area contributed by atoms with Crippen LogP contribution in [0.2, 0.25) is 0 Å². The first-order chi connectivity index (χ1) is 12.2. The van der Waals surface area contributed by atoms with E-state index < -0.39 is 5.60 Å². The summed E-state index contributed by atoms with van der Waals surface area (Å²) in [6.45, 7) is 3.78. The lowest BCUT2D eigenvalue weighted by Crippen LogP contribution is -2.23. The highest BCUT2D eigenvalue weighted by molar-refractivity contribution is 5.59. The van der Waals surface area contributed by atoms with Crippen molar-refractivity contribution in [2.45, 2.75) is 44.3 Å². The molecule has 0 aromatic heterocycles. The van der Waals surface area contributed by atoms with Gasteiger partial charge in [-0.15, -0.1) is 0 Å². The molecular formula is C20H22O6. The molecular weight excluding hydrogens is 336 g/mol. The highest BCUT2D eigenvalue weighted by Gasteiger charge is 2.42. The zero-order chi connectivity index (χ0) is 18.6. The Bertz CT molecular complexity index is 868. The first-order valence-corrected chi connectivity index (χ1v) is 8.67. The van der Waals surface area contributed by atoms with E-state index >= 15 is 0 Å². The Morgan fingerprint density at radius 3 is 2.58 bits per heavy atom. The molecule has 0 bridgehead atoms. The van der Waals surface area contributed by atoms with E-state index in [9.17, 15) is 20.4 Å². The average Bonchev–Trinajstić information content (AvgIpc) is 2.92. The minimum absolute atomic E-state index is 0.0667. The van der Waals surface area contributed by atoms with Crippen molar-refractivity contribution in [1.29, 1.82) is 0 Å². The van der Waals surface area contributed by atoms with Gasteiger partial charge in [0.1, 0.15) is 17.6 Å². The van der Waals surface area contributed by atoms with Gasteiger partial charge in [-0.3, -0.25) is 0 Å². The fraction of sp³-hybridized carbons (Fsp3) is 0.400. The number of hydrogen-bond donors (Lipinski definition) is 4. The predicted octanol–water partition coefficient (Wildman–Crippen LogP) is 3.12. The Balaban J connectivity index is 1.68. The highest BCUT2D eigenvalue weighted by atomic mass is 16.5. The number of fused-ring (bicyclic) bond motifs is 5. The molecule has 2 aliphatic heterocycles. The molecule has 4 N–H and O–H groups in total. The van der Waals surface area contributed by atoms with Crippen molar-refractivity contribution >= 4 is 0 Å². The van der Waals surface area contributed by atoms with Gasteiger partial charge in [0.05, 0.1) is 18.1 Å². The molecule has 2 aromatic rings. The standard InChI is InChI=1S/C20H22O6/c1-20(2,24)6-5-10-7-12-13-9-25-19-11(3-4-14(21)17(19)23)18(13)26-16(12)8-15(10)22/h3-4,7-8,13,18,21-24H,5-6,9H2,1-2H3/t13-,18-/m0/s1. The van der Waals surface area contributed by atoms with Crippen molar-refractivity contribution in [3.8, 4) is 28.7 Å². The van der Waals surface area contributed by atoms with Crippen molar-refractivity contribution in [3.63, 3.8) is 0 Å². The van der Waals surface area contributed by atoms with Gasteiger partial charge in [0.2, 0.25) is 5.75 Å². The summed E-state index contributed by atoms with van der Waals surface area (Å²) in [5, 5.41) is 39.9. The molecule has 6 nitrogen and oxygen atoms in total. The molecule has 0 saturated carbocycles. The molecule has 6 heteroatoms. The first-order valence-electron chi connectivity index (χ1n) is 8.67. The maximum atomic E-state index is 10.3. The highest BCUT2D eigenvalue weighted by Crippen LogP contribution is 2.55. The van der Waals surface area contributed by atoms with Gasteiger partial charge in [-0.2, -0.15) is 0 Å². The van der Waals surface area contributed by atoms with E-state index in [1.807, 2.05) is 6.07 Å². The van der Waals surface area contributed by atoms with Gasteiger partial charge in [0, 0.05) is 17.2 Å². The average molecular weight is 358 g/mol. The van der Waals surface area contributed by atoms with Crippen LogP contribution in [0.1, 0.15) is 49.0 Å². The Morgan fingerprint density at radius 1 is 1.08 bits per heavy atom. The van der Waals surface area contributed by atoms with Crippen molar-refractivity contribution < 1.29 is 29.9 Å². The third-order valence-electron chi connectivity index (χ3n) is 5.09. The maximum absolute atomic E-state index is 10.3. The van der Waals surface area contributed by atoms with Gasteiger partial charge in [0.15, 0.2) is 11.5 Å². The van der Waals surface area contributed by atoms with Gasteiger partial charge in [-0.25, -0.2) is 0 Å². The van der Waals surface area contributed by atoms with Crippen molar-refractivity contribution in [2.24, 2.45) is 0 Å². The Kier molecular flexibility index (Phi) is 3.70. The normalized spacial score (nSPS) is 20.6. The van der Waals surface area contributed by atoms with Gasteiger partial charge < -0.3 is 29.9 Å². The summed E-state index contributed by atoms with van der Waals surface area (Å²) in [6, 6.07) is 6.61. The first kappa shape index (κ1) is 16.8. The number of hydrogen-bond acceptors (Lipinski definition) is 6. The largest absolute Gasteiger partial charge is 0.508 e. The molecule has 0 radical (unpaired) electrons. The number of aliphatic hydroxyl groups is 1. The number of aryl methyl sites for hydroxylation is 1. The molecule has 0 aliphatic carbocycles. The SMILES string of the molecule is CC(C)(O)CCc1cc2c(cc1O)O[C@H]1c3ccc(O)c(O)c3OC[C@@H]21. The minimum Gasteiger partial charge on any atom is -0.508 e. The fourth-order valence-corrected chi connectivity index (χ4v) is 3.63. The van der Waals surface area contributed by atoms with Crippen LogP contribution in [0.3, 0.4) is 0 Å². The molecule has 26 heavy (non-hydrogen) atoms. The summed E-state index contributed by atoms with van der Waals surface area (Å²) in [7, 11) is 0. The lowest BCUT2D eigenvalue weighted by molar-refractivity contribution is 0.0712. The van der Waals surface area contributed by atoms with E-state index in [1.165, 1.54) is 6.07 Å². The lowest BCUT2D eigenvalue weighted by atomic mass is 9.87. The van der Waals surface area contributed by atoms with E-state index in [0.717, 1.165) is 11.1 Å². The summed E-state index contributed by atoms with van der Waals surface area (Å²) < 4.78 is 11.7. The van der Waals surface area contributed by atoms with E-state index in [0.29, 0.717) is 30.8 Å². The maximum Gasteiger partial charge on any atom is 0.200 e. The quantitative estimate of drug-likeness (QED) is 0.629. The van der Waals surface area contributed by atoms with Crippen LogP contribution < -0.4 is 9.47 Å². The summed E-state index contributed by atoms with van der Waals surface area (Å²) >= 11 is 0. The summed E-state index contributed by atoms with van der Waals surface area (Å²) in [6.07, 6.45) is 0.733. The topological polar surface area (TPSA) is 99.4 Å². The minimum atomic E-state index is -0.809. The van der Waals surface area contributed by atoms with Gasteiger partial charge in [-0.05, 0) is 50.5 Å². The second kappa shape index (κ2) is 5.71.